The third kappa shape index (κ3) is 3.28. The summed E-state index contributed by atoms with van der Waals surface area (Å²) in [4.78, 5) is 11.9. The number of nitro groups is 1. The Morgan fingerprint density at radius 3 is 2.50 bits per heavy atom. The van der Waals surface area contributed by atoms with Gasteiger partial charge in [-0.05, 0) is 19.1 Å². The highest BCUT2D eigenvalue weighted by atomic mass is 32.2. The molecule has 1 heterocycles. The zero-order chi connectivity index (χ0) is 16.5. The Labute approximate surface area is 128 Å². The van der Waals surface area contributed by atoms with E-state index >= 15 is 0 Å². The van der Waals surface area contributed by atoms with Crippen LogP contribution in [0.25, 0.3) is 0 Å². The maximum absolute atomic E-state index is 11.9. The number of benzene rings is 1. The van der Waals surface area contributed by atoms with Gasteiger partial charge in [-0.15, -0.1) is 0 Å². The van der Waals surface area contributed by atoms with Crippen molar-refractivity contribution in [2.75, 3.05) is 18.2 Å². The van der Waals surface area contributed by atoms with Gasteiger partial charge in [0.2, 0.25) is 0 Å². The molecular formula is C14H16N2O5S. The van der Waals surface area contributed by atoms with Crippen molar-refractivity contribution in [3.63, 3.8) is 0 Å². The summed E-state index contributed by atoms with van der Waals surface area (Å²) in [6.45, 7) is 2.25. The minimum Gasteiger partial charge on any atom is -0.469 e. The minimum absolute atomic E-state index is 0.0645. The van der Waals surface area contributed by atoms with Crippen LogP contribution < -0.4 is 4.90 Å². The highest BCUT2D eigenvalue weighted by Gasteiger charge is 2.21. The van der Waals surface area contributed by atoms with Crippen molar-refractivity contribution in [2.24, 2.45) is 0 Å². The lowest BCUT2D eigenvalue weighted by Gasteiger charge is -2.21. The number of furan rings is 1. The predicted molar refractivity (Wildman–Crippen MR) is 81.8 cm³/mol. The molecule has 2 aromatic rings. The third-order valence-corrected chi connectivity index (χ3v) is 4.46. The molecule has 0 unspecified atom stereocenters. The quantitative estimate of drug-likeness (QED) is 0.619. The lowest BCUT2D eigenvalue weighted by molar-refractivity contribution is -0.385. The molecule has 8 heteroatoms. The van der Waals surface area contributed by atoms with Gasteiger partial charge in [0.1, 0.15) is 5.76 Å². The zero-order valence-corrected chi connectivity index (χ0v) is 13.3. The second-order valence-electron chi connectivity index (χ2n) is 5.04. The Balaban J connectivity index is 2.45. The number of sulfone groups is 1. The Kier molecular flexibility index (Phi) is 4.23. The Morgan fingerprint density at radius 2 is 2.00 bits per heavy atom. The summed E-state index contributed by atoms with van der Waals surface area (Å²) in [5, 5.41) is 10.8. The van der Waals surface area contributed by atoms with Crippen LogP contribution in [0, 0.1) is 17.0 Å². The Bertz CT molecular complexity index is 810. The van der Waals surface area contributed by atoms with Gasteiger partial charge in [0.05, 0.1) is 21.8 Å². The molecule has 1 aromatic heterocycles. The van der Waals surface area contributed by atoms with Gasteiger partial charge in [0, 0.05) is 37.5 Å². The molecule has 0 fully saturated rings. The van der Waals surface area contributed by atoms with Crippen molar-refractivity contribution in [1.29, 1.82) is 0 Å². The number of anilines is 1. The molecule has 0 aliphatic heterocycles. The molecule has 22 heavy (non-hydrogen) atoms. The van der Waals surface area contributed by atoms with E-state index in [4.69, 9.17) is 4.42 Å². The van der Waals surface area contributed by atoms with E-state index in [9.17, 15) is 18.5 Å². The average Bonchev–Trinajstić information content (AvgIpc) is 2.82. The maximum atomic E-state index is 11.9. The summed E-state index contributed by atoms with van der Waals surface area (Å²) in [7, 11) is -1.87. The summed E-state index contributed by atoms with van der Waals surface area (Å²) < 4.78 is 29.1. The van der Waals surface area contributed by atoms with Gasteiger partial charge >= 0.3 is 0 Å². The fraction of sp³-hybridized carbons (Fsp3) is 0.286. The van der Waals surface area contributed by atoms with Gasteiger partial charge in [-0.3, -0.25) is 10.1 Å². The molecule has 0 N–H and O–H groups in total. The standard InChI is InChI=1S/C14H16N2O5S/c1-10-11(6-7-21-10)9-15(2)13-5-4-12(16(17)18)8-14(13)22(3,19)20/h4-8H,9H2,1-3H3. The van der Waals surface area contributed by atoms with Gasteiger partial charge in [-0.2, -0.15) is 0 Å². The van der Waals surface area contributed by atoms with Crippen LogP contribution in [0.2, 0.25) is 0 Å². The van der Waals surface area contributed by atoms with Crippen LogP contribution in [-0.4, -0.2) is 26.6 Å². The summed E-state index contributed by atoms with van der Waals surface area (Å²) in [5.41, 5.74) is 1.08. The number of hydrogen-bond donors (Lipinski definition) is 0. The largest absolute Gasteiger partial charge is 0.469 e. The summed E-state index contributed by atoms with van der Waals surface area (Å²) in [5.74, 6) is 0.745. The molecule has 0 spiro atoms. The normalized spacial score (nSPS) is 11.4. The van der Waals surface area contributed by atoms with Gasteiger partial charge in [0.15, 0.2) is 9.84 Å². The number of nitrogens with zero attached hydrogens (tertiary/aromatic N) is 2. The van der Waals surface area contributed by atoms with E-state index in [2.05, 4.69) is 0 Å². The molecule has 0 aliphatic carbocycles. The molecule has 0 saturated carbocycles. The minimum atomic E-state index is -3.59. The first-order valence-corrected chi connectivity index (χ1v) is 8.32. The summed E-state index contributed by atoms with van der Waals surface area (Å²) in [6, 6.07) is 5.63. The van der Waals surface area contributed by atoms with E-state index in [1.54, 1.807) is 24.3 Å². The van der Waals surface area contributed by atoms with E-state index in [0.29, 0.717) is 12.2 Å². The molecule has 1 aromatic carbocycles. The van der Waals surface area contributed by atoms with Crippen LogP contribution in [-0.2, 0) is 16.4 Å². The van der Waals surface area contributed by atoms with E-state index in [1.165, 1.54) is 12.1 Å². The third-order valence-electron chi connectivity index (χ3n) is 3.34. The predicted octanol–water partition coefficient (Wildman–Crippen LogP) is 2.54. The second kappa shape index (κ2) is 5.80. The first-order valence-electron chi connectivity index (χ1n) is 6.42. The van der Waals surface area contributed by atoms with Gasteiger partial charge in [-0.1, -0.05) is 0 Å². The molecule has 0 amide bonds. The van der Waals surface area contributed by atoms with Crippen LogP contribution in [0.5, 0.6) is 0 Å². The highest BCUT2D eigenvalue weighted by Crippen LogP contribution is 2.30. The zero-order valence-electron chi connectivity index (χ0n) is 12.4. The van der Waals surface area contributed by atoms with E-state index in [0.717, 1.165) is 23.6 Å². The highest BCUT2D eigenvalue weighted by molar-refractivity contribution is 7.90. The second-order valence-corrected chi connectivity index (χ2v) is 7.02. The molecule has 2 rings (SSSR count). The molecule has 118 valence electrons. The Morgan fingerprint density at radius 1 is 1.32 bits per heavy atom. The van der Waals surface area contributed by atoms with Crippen molar-refractivity contribution in [2.45, 2.75) is 18.4 Å². The van der Waals surface area contributed by atoms with Crippen molar-refractivity contribution in [3.05, 3.63) is 52.0 Å². The molecule has 7 nitrogen and oxygen atoms in total. The molecule has 0 aliphatic rings. The van der Waals surface area contributed by atoms with Crippen LogP contribution in [0.1, 0.15) is 11.3 Å². The number of rotatable bonds is 5. The molecule has 0 radical (unpaired) electrons. The van der Waals surface area contributed by atoms with Crippen LogP contribution >= 0.6 is 0 Å². The molecule has 0 bridgehead atoms. The maximum Gasteiger partial charge on any atom is 0.270 e. The van der Waals surface area contributed by atoms with Crippen molar-refractivity contribution in [3.8, 4) is 0 Å². The number of non-ortho nitro benzene ring substituents is 1. The number of aryl methyl sites for hydroxylation is 1. The van der Waals surface area contributed by atoms with Gasteiger partial charge in [-0.25, -0.2) is 8.42 Å². The monoisotopic (exact) mass is 324 g/mol. The van der Waals surface area contributed by atoms with Crippen molar-refractivity contribution >= 4 is 21.2 Å². The van der Waals surface area contributed by atoms with Crippen LogP contribution in [0.3, 0.4) is 0 Å². The van der Waals surface area contributed by atoms with Crippen molar-refractivity contribution < 1.29 is 17.8 Å². The fourth-order valence-electron chi connectivity index (χ4n) is 2.14. The Hall–Kier alpha value is -2.35. The first-order chi connectivity index (χ1) is 10.2. The fourth-order valence-corrected chi connectivity index (χ4v) is 3.08. The summed E-state index contributed by atoms with van der Waals surface area (Å²) >= 11 is 0. The number of hydrogen-bond acceptors (Lipinski definition) is 6. The van der Waals surface area contributed by atoms with Gasteiger partial charge in [0.25, 0.3) is 5.69 Å². The SMILES string of the molecule is Cc1occc1CN(C)c1ccc([N+](=O)[O-])cc1S(C)(=O)=O. The van der Waals surface area contributed by atoms with Crippen molar-refractivity contribution in [1.82, 2.24) is 0 Å². The van der Waals surface area contributed by atoms with E-state index < -0.39 is 14.8 Å². The lowest BCUT2D eigenvalue weighted by Crippen LogP contribution is -2.19. The van der Waals surface area contributed by atoms with Crippen LogP contribution in [0.15, 0.2) is 39.8 Å². The molecule has 0 saturated heterocycles. The van der Waals surface area contributed by atoms with E-state index in [-0.39, 0.29) is 10.6 Å². The smallest absolute Gasteiger partial charge is 0.270 e. The number of nitro benzene ring substituents is 1. The molecule has 0 atom stereocenters. The van der Waals surface area contributed by atoms with E-state index in [1.807, 2.05) is 6.92 Å². The average molecular weight is 324 g/mol. The summed E-state index contributed by atoms with van der Waals surface area (Å²) in [6.07, 6.45) is 2.60. The topological polar surface area (TPSA) is 93.7 Å². The lowest BCUT2D eigenvalue weighted by atomic mass is 10.2. The first kappa shape index (κ1) is 16.0. The molecular weight excluding hydrogens is 308 g/mol. The van der Waals surface area contributed by atoms with Crippen LogP contribution in [0.4, 0.5) is 11.4 Å². The van der Waals surface area contributed by atoms with Gasteiger partial charge < -0.3 is 9.32 Å².